The minimum absolute atomic E-state index is 0.00866. The summed E-state index contributed by atoms with van der Waals surface area (Å²) in [5.74, 6) is 0.955. The Bertz CT molecular complexity index is 1110. The minimum Gasteiger partial charge on any atom is -0.356 e. The Kier molecular flexibility index (Phi) is 5.19. The summed E-state index contributed by atoms with van der Waals surface area (Å²) in [7, 11) is 0. The summed E-state index contributed by atoms with van der Waals surface area (Å²) in [6.45, 7) is 0.948. The lowest BCUT2D eigenvalue weighted by Gasteiger charge is -2.45. The molecule has 4 aliphatic carbocycles. The van der Waals surface area contributed by atoms with Gasteiger partial charge >= 0.3 is 6.03 Å². The molecule has 0 unspecified atom stereocenters. The number of imide groups is 1. The van der Waals surface area contributed by atoms with E-state index in [1.54, 1.807) is 0 Å². The number of nitrogens with zero attached hydrogens (tertiary/aromatic N) is 1. The minimum atomic E-state index is -0.674. The van der Waals surface area contributed by atoms with Crippen LogP contribution in [0.1, 0.15) is 79.0 Å². The molecule has 1 heterocycles. The molecular formula is C28H31N3O3. The van der Waals surface area contributed by atoms with Crippen molar-refractivity contribution in [3.05, 3.63) is 70.8 Å². The molecule has 6 heteroatoms. The van der Waals surface area contributed by atoms with E-state index in [-0.39, 0.29) is 17.8 Å². The third-order valence-corrected chi connectivity index (χ3v) is 8.47. The van der Waals surface area contributed by atoms with Crippen molar-refractivity contribution in [3.63, 3.8) is 0 Å². The Hall–Kier alpha value is -3.15. The van der Waals surface area contributed by atoms with Crippen LogP contribution in [-0.2, 0) is 9.59 Å². The second-order valence-electron chi connectivity index (χ2n) is 10.4. The monoisotopic (exact) mass is 457 g/mol. The molecule has 6 nitrogen and oxygen atoms in total. The number of hydrogen-bond donors (Lipinski definition) is 2. The van der Waals surface area contributed by atoms with Crippen LogP contribution in [0.15, 0.2) is 48.5 Å². The van der Waals surface area contributed by atoms with Crippen molar-refractivity contribution < 1.29 is 14.4 Å². The molecule has 1 saturated heterocycles. The highest BCUT2D eigenvalue weighted by Gasteiger charge is 2.52. The molecule has 1 atom stereocenters. The van der Waals surface area contributed by atoms with Gasteiger partial charge in [0.15, 0.2) is 0 Å². The molecule has 1 spiro atoms. The molecule has 1 aliphatic heterocycles. The van der Waals surface area contributed by atoms with Gasteiger partial charge in [-0.15, -0.1) is 0 Å². The zero-order valence-corrected chi connectivity index (χ0v) is 19.4. The van der Waals surface area contributed by atoms with E-state index in [1.807, 2.05) is 0 Å². The normalized spacial score (nSPS) is 25.9. The lowest BCUT2D eigenvalue weighted by molar-refractivity contribution is -0.131. The van der Waals surface area contributed by atoms with Gasteiger partial charge in [-0.3, -0.25) is 14.5 Å². The van der Waals surface area contributed by atoms with Gasteiger partial charge in [-0.2, -0.15) is 0 Å². The zero-order valence-electron chi connectivity index (χ0n) is 19.4. The molecule has 2 N–H and O–H groups in total. The first-order chi connectivity index (χ1) is 16.6. The fraction of sp³-hybridized carbons (Fsp3) is 0.464. The molecule has 2 aromatic rings. The Morgan fingerprint density at radius 3 is 2.24 bits per heavy atom. The summed E-state index contributed by atoms with van der Waals surface area (Å²) >= 11 is 0. The molecule has 0 aromatic heterocycles. The number of fused-ring (bicyclic) bond motifs is 1. The average molecular weight is 458 g/mol. The molecule has 0 radical (unpaired) electrons. The van der Waals surface area contributed by atoms with E-state index in [9.17, 15) is 14.4 Å². The summed E-state index contributed by atoms with van der Waals surface area (Å²) in [6, 6.07) is 17.2. The predicted octanol–water partition coefficient (Wildman–Crippen LogP) is 4.04. The van der Waals surface area contributed by atoms with Crippen molar-refractivity contribution in [3.8, 4) is 0 Å². The third kappa shape index (κ3) is 3.34. The van der Waals surface area contributed by atoms with Gasteiger partial charge in [-0.05, 0) is 53.9 Å². The number of urea groups is 1. The SMILES string of the molecule is O=C(CCCN1C(=O)NC2(CCCC2)C1=O)NC[C@H]1CC2c3ccccc3C1c1ccccc12. The second-order valence-corrected chi connectivity index (χ2v) is 10.4. The highest BCUT2D eigenvalue weighted by atomic mass is 16.2. The first-order valence-electron chi connectivity index (χ1n) is 12.7. The maximum Gasteiger partial charge on any atom is 0.325 e. The predicted molar refractivity (Wildman–Crippen MR) is 128 cm³/mol. The summed E-state index contributed by atoms with van der Waals surface area (Å²) in [4.78, 5) is 39.1. The van der Waals surface area contributed by atoms with Gasteiger partial charge in [0.25, 0.3) is 5.91 Å². The molecule has 2 bridgehead atoms. The van der Waals surface area contributed by atoms with Gasteiger partial charge in [0, 0.05) is 31.3 Å². The van der Waals surface area contributed by atoms with Crippen LogP contribution in [0.4, 0.5) is 4.79 Å². The number of rotatable bonds is 6. The average Bonchev–Trinajstić information content (AvgIpc) is 3.43. The summed E-state index contributed by atoms with van der Waals surface area (Å²) in [6.07, 6.45) is 5.25. The van der Waals surface area contributed by atoms with Crippen molar-refractivity contribution in [2.75, 3.05) is 13.1 Å². The smallest absolute Gasteiger partial charge is 0.325 e. The maximum atomic E-state index is 12.8. The highest BCUT2D eigenvalue weighted by Crippen LogP contribution is 2.55. The fourth-order valence-electron chi connectivity index (χ4n) is 6.89. The Labute approximate surface area is 200 Å². The molecule has 2 aromatic carbocycles. The number of nitrogens with one attached hydrogen (secondary N) is 2. The summed E-state index contributed by atoms with van der Waals surface area (Å²) < 4.78 is 0. The standard InChI is InChI=1S/C28H31N3O3/c32-24(12-7-15-31-26(33)28(30-27(31)34)13-5-6-14-28)29-17-18-16-23-19-8-1-3-10-21(19)25(18)22-11-4-2-9-20(22)23/h1-4,8-11,18,23,25H,5-7,12-17H2,(H,29,32)(H,30,34)/t18-,23?,25?/m1/s1. The van der Waals surface area contributed by atoms with Crippen molar-refractivity contribution in [1.82, 2.24) is 15.5 Å². The van der Waals surface area contributed by atoms with E-state index in [0.717, 1.165) is 32.1 Å². The molecule has 5 aliphatic rings. The van der Waals surface area contributed by atoms with Crippen LogP contribution in [-0.4, -0.2) is 41.4 Å². The topological polar surface area (TPSA) is 78.5 Å². The van der Waals surface area contributed by atoms with Gasteiger partial charge in [-0.25, -0.2) is 4.79 Å². The lowest BCUT2D eigenvalue weighted by atomic mass is 9.59. The van der Waals surface area contributed by atoms with E-state index in [2.05, 4.69) is 59.2 Å². The molecule has 4 amide bonds. The lowest BCUT2D eigenvalue weighted by Crippen LogP contribution is -2.44. The molecule has 34 heavy (non-hydrogen) atoms. The first kappa shape index (κ1) is 21.4. The van der Waals surface area contributed by atoms with Crippen LogP contribution in [0.2, 0.25) is 0 Å². The zero-order chi connectivity index (χ0) is 23.3. The first-order valence-corrected chi connectivity index (χ1v) is 12.7. The van der Waals surface area contributed by atoms with E-state index in [0.29, 0.717) is 43.7 Å². The van der Waals surface area contributed by atoms with Gasteiger partial charge < -0.3 is 10.6 Å². The van der Waals surface area contributed by atoms with Crippen LogP contribution >= 0.6 is 0 Å². The second kappa shape index (κ2) is 8.26. The van der Waals surface area contributed by atoms with Crippen LogP contribution in [0.3, 0.4) is 0 Å². The largest absolute Gasteiger partial charge is 0.356 e. The van der Waals surface area contributed by atoms with Crippen LogP contribution in [0.5, 0.6) is 0 Å². The van der Waals surface area contributed by atoms with Gasteiger partial charge in [-0.1, -0.05) is 61.4 Å². The van der Waals surface area contributed by atoms with Crippen molar-refractivity contribution >= 4 is 17.8 Å². The van der Waals surface area contributed by atoms with Crippen molar-refractivity contribution in [2.24, 2.45) is 5.92 Å². The van der Waals surface area contributed by atoms with Crippen LogP contribution in [0, 0.1) is 5.92 Å². The van der Waals surface area contributed by atoms with E-state index < -0.39 is 5.54 Å². The molecule has 176 valence electrons. The number of carbonyl (C=O) groups excluding carboxylic acids is 3. The van der Waals surface area contributed by atoms with Gasteiger partial charge in [0.1, 0.15) is 5.54 Å². The van der Waals surface area contributed by atoms with Gasteiger partial charge in [0.2, 0.25) is 5.91 Å². The van der Waals surface area contributed by atoms with E-state index in [1.165, 1.54) is 27.2 Å². The number of hydrogen-bond acceptors (Lipinski definition) is 3. The number of amides is 4. The molecule has 7 rings (SSSR count). The molecular weight excluding hydrogens is 426 g/mol. The summed E-state index contributed by atoms with van der Waals surface area (Å²) in [5.41, 5.74) is 4.99. The van der Waals surface area contributed by atoms with E-state index >= 15 is 0 Å². The third-order valence-electron chi connectivity index (χ3n) is 8.47. The van der Waals surface area contributed by atoms with Crippen molar-refractivity contribution in [1.29, 1.82) is 0 Å². The number of carbonyl (C=O) groups is 3. The van der Waals surface area contributed by atoms with Gasteiger partial charge in [0.05, 0.1) is 0 Å². The maximum absolute atomic E-state index is 12.8. The Morgan fingerprint density at radius 2 is 1.59 bits per heavy atom. The molecule has 1 saturated carbocycles. The van der Waals surface area contributed by atoms with Crippen LogP contribution < -0.4 is 10.6 Å². The highest BCUT2D eigenvalue weighted by molar-refractivity contribution is 6.07. The van der Waals surface area contributed by atoms with E-state index in [4.69, 9.17) is 0 Å². The Morgan fingerprint density at radius 1 is 0.971 bits per heavy atom. The molecule has 2 fully saturated rings. The fourth-order valence-corrected chi connectivity index (χ4v) is 6.89. The number of benzene rings is 2. The summed E-state index contributed by atoms with van der Waals surface area (Å²) in [5, 5.41) is 6.06. The Balaban J connectivity index is 1.06. The van der Waals surface area contributed by atoms with Crippen molar-refractivity contribution in [2.45, 2.75) is 62.3 Å². The quantitative estimate of drug-likeness (QED) is 0.643. The van der Waals surface area contributed by atoms with Crippen LogP contribution in [0.25, 0.3) is 0 Å².